The highest BCUT2D eigenvalue weighted by atomic mass is 17.3. The van der Waals surface area contributed by atoms with Gasteiger partial charge in [0.25, 0.3) is 5.69 Å². The Bertz CT molecular complexity index is 905. The number of esters is 1. The second-order valence-corrected chi connectivity index (χ2v) is 9.67. The topological polar surface area (TPSA) is 106 Å². The Labute approximate surface area is 180 Å². The van der Waals surface area contributed by atoms with E-state index in [1.165, 1.54) is 24.3 Å². The second kappa shape index (κ2) is 6.96. The van der Waals surface area contributed by atoms with Crippen LogP contribution in [0.5, 0.6) is 0 Å². The highest BCUT2D eigenvalue weighted by Crippen LogP contribution is 2.63. The molecule has 4 saturated heterocycles. The van der Waals surface area contributed by atoms with Gasteiger partial charge in [0, 0.05) is 24.5 Å². The smallest absolute Gasteiger partial charge is 0.338 e. The van der Waals surface area contributed by atoms with E-state index in [0.29, 0.717) is 5.92 Å². The zero-order valence-corrected chi connectivity index (χ0v) is 17.9. The van der Waals surface area contributed by atoms with Gasteiger partial charge >= 0.3 is 5.97 Å². The lowest BCUT2D eigenvalue weighted by molar-refractivity contribution is -0.541. The molecule has 1 unspecified atom stereocenters. The number of hydrogen-bond acceptors (Lipinski definition) is 8. The molecular weight excluding hydrogens is 406 g/mol. The third kappa shape index (κ3) is 3.09. The molecule has 9 heteroatoms. The monoisotopic (exact) mass is 433 g/mol. The lowest BCUT2D eigenvalue weighted by Crippen LogP contribution is -2.62. The summed E-state index contributed by atoms with van der Waals surface area (Å²) in [5, 5.41) is 10.8. The van der Waals surface area contributed by atoms with Crippen LogP contribution in [0.2, 0.25) is 0 Å². The van der Waals surface area contributed by atoms with Crippen LogP contribution in [-0.2, 0) is 24.0 Å². The number of fused-ring (bicyclic) bond motifs is 2. The third-order valence-electron chi connectivity index (χ3n) is 7.64. The quantitative estimate of drug-likeness (QED) is 0.306. The molecule has 9 nitrogen and oxygen atoms in total. The number of ether oxygens (including phenoxy) is 3. The maximum absolute atomic E-state index is 12.6. The van der Waals surface area contributed by atoms with Crippen molar-refractivity contribution in [1.82, 2.24) is 0 Å². The molecule has 2 bridgehead atoms. The normalized spacial score (nSPS) is 43.2. The van der Waals surface area contributed by atoms with Crippen molar-refractivity contribution in [3.05, 3.63) is 39.9 Å². The molecule has 1 aromatic rings. The van der Waals surface area contributed by atoms with Gasteiger partial charge in [0.05, 0.1) is 10.5 Å². The minimum absolute atomic E-state index is 0.0241. The summed E-state index contributed by atoms with van der Waals surface area (Å²) in [5.41, 5.74) is -1.35. The van der Waals surface area contributed by atoms with Crippen molar-refractivity contribution >= 4 is 11.7 Å². The van der Waals surface area contributed by atoms with E-state index in [-0.39, 0.29) is 29.7 Å². The first-order chi connectivity index (χ1) is 14.7. The molecule has 0 N–H and O–H groups in total. The number of carbonyl (C=O) groups excluding carboxylic acids is 1. The van der Waals surface area contributed by atoms with E-state index in [2.05, 4.69) is 6.92 Å². The standard InChI is InChI=1S/C22H27NO8/c1-13-4-9-17-20(2,12-27-18(24)14-5-7-15(8-6-14)23(25)26)28-19-22(17)16(13)10-11-21(3,29-19)30-31-22/h5-8,13,16-17,19H,4,9-12H2,1-3H3/t13-,16+,17+,19-,20?,21+,22-/m1/s1. The molecule has 1 spiro atoms. The van der Waals surface area contributed by atoms with Gasteiger partial charge in [-0.25, -0.2) is 14.6 Å². The summed E-state index contributed by atoms with van der Waals surface area (Å²) in [7, 11) is 0. The van der Waals surface area contributed by atoms with Crippen LogP contribution < -0.4 is 0 Å². The van der Waals surface area contributed by atoms with Gasteiger partial charge in [-0.3, -0.25) is 10.1 Å². The predicted octanol–water partition coefficient (Wildman–Crippen LogP) is 3.76. The lowest BCUT2D eigenvalue weighted by Gasteiger charge is -2.50. The average Bonchev–Trinajstić information content (AvgIpc) is 2.82. The van der Waals surface area contributed by atoms with Crippen molar-refractivity contribution in [2.45, 2.75) is 69.7 Å². The van der Waals surface area contributed by atoms with Gasteiger partial charge in [0.2, 0.25) is 5.79 Å². The van der Waals surface area contributed by atoms with E-state index in [4.69, 9.17) is 24.0 Å². The fourth-order valence-corrected chi connectivity index (χ4v) is 5.96. The van der Waals surface area contributed by atoms with Crippen LogP contribution in [0.15, 0.2) is 24.3 Å². The van der Waals surface area contributed by atoms with E-state index in [1.54, 1.807) is 0 Å². The Morgan fingerprint density at radius 2 is 1.90 bits per heavy atom. The summed E-state index contributed by atoms with van der Waals surface area (Å²) in [6, 6.07) is 5.35. The lowest BCUT2D eigenvalue weighted by atomic mass is 9.60. The molecule has 5 fully saturated rings. The third-order valence-corrected chi connectivity index (χ3v) is 7.64. The molecule has 4 heterocycles. The van der Waals surface area contributed by atoms with Crippen LogP contribution in [0.4, 0.5) is 5.69 Å². The summed E-state index contributed by atoms with van der Waals surface area (Å²) in [4.78, 5) is 34.8. The highest BCUT2D eigenvalue weighted by Gasteiger charge is 2.74. The van der Waals surface area contributed by atoms with Crippen molar-refractivity contribution in [3.8, 4) is 0 Å². The molecule has 1 saturated carbocycles. The Kier molecular flexibility index (Phi) is 4.68. The summed E-state index contributed by atoms with van der Waals surface area (Å²) in [5.74, 6) is -0.788. The van der Waals surface area contributed by atoms with E-state index in [9.17, 15) is 14.9 Å². The van der Waals surface area contributed by atoms with Gasteiger partial charge in [-0.2, -0.15) is 0 Å². The predicted molar refractivity (Wildman–Crippen MR) is 106 cm³/mol. The maximum atomic E-state index is 12.6. The molecule has 0 aromatic heterocycles. The largest absolute Gasteiger partial charge is 0.459 e. The summed E-state index contributed by atoms with van der Waals surface area (Å²) in [6.45, 7) is 6.06. The van der Waals surface area contributed by atoms with Gasteiger partial charge in [0.15, 0.2) is 11.9 Å². The van der Waals surface area contributed by atoms with Crippen LogP contribution in [0.1, 0.15) is 56.8 Å². The van der Waals surface area contributed by atoms with Crippen molar-refractivity contribution in [1.29, 1.82) is 0 Å². The summed E-state index contributed by atoms with van der Waals surface area (Å²) < 4.78 is 18.3. The minimum atomic E-state index is -0.849. The molecule has 7 atom stereocenters. The fraction of sp³-hybridized carbons (Fsp3) is 0.682. The van der Waals surface area contributed by atoms with Gasteiger partial charge in [-0.05, 0) is 57.1 Å². The maximum Gasteiger partial charge on any atom is 0.338 e. The minimum Gasteiger partial charge on any atom is -0.459 e. The number of nitro benzene ring substituents is 1. The van der Waals surface area contributed by atoms with Crippen molar-refractivity contribution < 1.29 is 33.7 Å². The molecular formula is C22H27NO8. The Hall–Kier alpha value is -2.07. The van der Waals surface area contributed by atoms with Gasteiger partial charge in [-0.15, -0.1) is 0 Å². The van der Waals surface area contributed by atoms with Crippen LogP contribution in [0.25, 0.3) is 0 Å². The number of nitrogens with zero attached hydrogens (tertiary/aromatic N) is 1. The summed E-state index contributed by atoms with van der Waals surface area (Å²) in [6.07, 6.45) is 2.95. The van der Waals surface area contributed by atoms with Crippen molar-refractivity contribution in [3.63, 3.8) is 0 Å². The molecule has 6 rings (SSSR count). The van der Waals surface area contributed by atoms with E-state index < -0.39 is 34.2 Å². The number of non-ortho nitro benzene ring substituents is 1. The molecule has 4 aliphatic heterocycles. The van der Waals surface area contributed by atoms with Gasteiger partial charge in [0.1, 0.15) is 12.2 Å². The molecule has 1 aromatic carbocycles. The Morgan fingerprint density at radius 3 is 2.61 bits per heavy atom. The SMILES string of the molecule is C[C@@H]1CC[C@H]2C(C)(COC(=O)c3ccc([N+](=O)[O-])cc3)O[C@@H]3O[C@]4(C)CC[C@@H]1[C@]32OO4. The summed E-state index contributed by atoms with van der Waals surface area (Å²) >= 11 is 0. The van der Waals surface area contributed by atoms with Crippen molar-refractivity contribution in [2.24, 2.45) is 17.8 Å². The van der Waals surface area contributed by atoms with Crippen LogP contribution in [-0.4, -0.2) is 40.8 Å². The molecule has 31 heavy (non-hydrogen) atoms. The van der Waals surface area contributed by atoms with E-state index >= 15 is 0 Å². The van der Waals surface area contributed by atoms with Crippen molar-refractivity contribution in [2.75, 3.05) is 6.61 Å². The number of nitro groups is 1. The molecule has 1 aliphatic carbocycles. The first-order valence-electron chi connectivity index (χ1n) is 10.8. The van der Waals surface area contributed by atoms with E-state index in [0.717, 1.165) is 25.7 Å². The molecule has 168 valence electrons. The first kappa shape index (κ1) is 20.8. The number of carbonyl (C=O) groups is 1. The van der Waals surface area contributed by atoms with Crippen LogP contribution >= 0.6 is 0 Å². The number of hydrogen-bond donors (Lipinski definition) is 0. The highest BCUT2D eigenvalue weighted by molar-refractivity contribution is 5.89. The zero-order valence-electron chi connectivity index (χ0n) is 17.9. The Morgan fingerprint density at radius 1 is 1.16 bits per heavy atom. The molecule has 0 radical (unpaired) electrons. The van der Waals surface area contributed by atoms with E-state index in [1.807, 2.05) is 13.8 Å². The fourth-order valence-electron chi connectivity index (χ4n) is 5.96. The van der Waals surface area contributed by atoms with Gasteiger partial charge in [-0.1, -0.05) is 6.92 Å². The van der Waals surface area contributed by atoms with Crippen LogP contribution in [0.3, 0.4) is 0 Å². The molecule has 0 amide bonds. The Balaban J connectivity index is 1.37. The number of benzene rings is 1. The first-order valence-corrected chi connectivity index (χ1v) is 10.8. The number of rotatable bonds is 4. The second-order valence-electron chi connectivity index (χ2n) is 9.67. The average molecular weight is 433 g/mol. The zero-order chi connectivity index (χ0) is 22.0. The van der Waals surface area contributed by atoms with Crippen LogP contribution in [0, 0.1) is 27.9 Å². The van der Waals surface area contributed by atoms with Gasteiger partial charge < -0.3 is 14.2 Å². The molecule has 5 aliphatic rings.